The van der Waals surface area contributed by atoms with Gasteiger partial charge in [0, 0.05) is 57.8 Å². The van der Waals surface area contributed by atoms with Crippen molar-refractivity contribution in [3.05, 3.63) is 0 Å². The lowest BCUT2D eigenvalue weighted by Gasteiger charge is -2.57. The number of ether oxygens (including phenoxy) is 1. The minimum absolute atomic E-state index is 0. The van der Waals surface area contributed by atoms with E-state index < -0.39 is 0 Å². The van der Waals surface area contributed by atoms with Crippen LogP contribution >= 0.6 is 12.4 Å². The Balaban J connectivity index is 0.00000216. The summed E-state index contributed by atoms with van der Waals surface area (Å²) in [4.78, 5) is 29.8. The molecule has 1 saturated heterocycles. The molecule has 0 aromatic heterocycles. The minimum atomic E-state index is -0.383. The molecule has 32 heavy (non-hydrogen) atoms. The van der Waals surface area contributed by atoms with E-state index in [9.17, 15) is 9.59 Å². The summed E-state index contributed by atoms with van der Waals surface area (Å²) in [7, 11) is 2.19. The van der Waals surface area contributed by atoms with Crippen LogP contribution in [0.1, 0.15) is 78.1 Å². The third kappa shape index (κ3) is 2.95. The van der Waals surface area contributed by atoms with E-state index in [0.29, 0.717) is 22.5 Å². The van der Waals surface area contributed by atoms with Gasteiger partial charge in [0.15, 0.2) is 5.72 Å². The highest BCUT2D eigenvalue weighted by atomic mass is 35.5. The number of piperazine rings is 1. The molecule has 7 atom stereocenters. The van der Waals surface area contributed by atoms with E-state index in [-0.39, 0.29) is 29.5 Å². The number of rotatable bonds is 2. The largest absolute Gasteiger partial charge is 0.444 e. The van der Waals surface area contributed by atoms with Crippen molar-refractivity contribution in [2.75, 3.05) is 33.2 Å². The second-order valence-electron chi connectivity index (χ2n) is 12.5. The molecule has 6 fully saturated rings. The van der Waals surface area contributed by atoms with Gasteiger partial charge in [0.2, 0.25) is 0 Å². The Bertz CT molecular complexity index is 813. The number of esters is 1. The van der Waals surface area contributed by atoms with Crippen LogP contribution in [0.25, 0.3) is 0 Å². The van der Waals surface area contributed by atoms with E-state index in [1.165, 1.54) is 32.1 Å². The molecule has 0 unspecified atom stereocenters. The highest BCUT2D eigenvalue weighted by molar-refractivity contribution is 5.87. The molecule has 0 aromatic carbocycles. The molecule has 1 heterocycles. The van der Waals surface area contributed by atoms with E-state index in [0.717, 1.165) is 70.1 Å². The lowest BCUT2D eigenvalue weighted by molar-refractivity contribution is -0.212. The van der Waals surface area contributed by atoms with Crippen molar-refractivity contribution in [1.29, 1.82) is 0 Å². The van der Waals surface area contributed by atoms with E-state index in [1.54, 1.807) is 6.92 Å². The maximum atomic E-state index is 12.7. The number of hydrogen-bond donors (Lipinski definition) is 0. The highest BCUT2D eigenvalue weighted by Gasteiger charge is 2.78. The van der Waals surface area contributed by atoms with Gasteiger partial charge in [-0.15, -0.1) is 12.4 Å². The predicted octanol–water partition coefficient (Wildman–Crippen LogP) is 4.28. The maximum Gasteiger partial charge on any atom is 0.304 e. The van der Waals surface area contributed by atoms with Crippen LogP contribution < -0.4 is 0 Å². The van der Waals surface area contributed by atoms with Crippen LogP contribution in [-0.2, 0) is 14.3 Å². The first kappa shape index (κ1) is 23.1. The SMILES string of the molecule is CC(=O)O[C@@]1(N2CCN(C)CC2)CC[C@@]23C[C@@]2(CC[C@@H]2[C@@H]3CC[C@]3(C)C(=O)CC[C@@H]23)C1.Cl. The summed E-state index contributed by atoms with van der Waals surface area (Å²) >= 11 is 0. The Morgan fingerprint density at radius 3 is 2.44 bits per heavy atom. The topological polar surface area (TPSA) is 49.9 Å². The molecule has 6 aliphatic rings. The summed E-state index contributed by atoms with van der Waals surface area (Å²) < 4.78 is 6.25. The Kier molecular flexibility index (Phi) is 5.36. The Labute approximate surface area is 199 Å². The highest BCUT2D eigenvalue weighted by Crippen LogP contribution is 2.84. The monoisotopic (exact) mass is 464 g/mol. The summed E-state index contributed by atoms with van der Waals surface area (Å²) in [6.45, 7) is 8.00. The molecule has 0 bridgehead atoms. The number of fused-ring (bicyclic) bond motifs is 3. The first-order valence-corrected chi connectivity index (χ1v) is 12.9. The Hall–Kier alpha value is -0.650. The van der Waals surface area contributed by atoms with Gasteiger partial charge in [-0.3, -0.25) is 14.5 Å². The van der Waals surface area contributed by atoms with E-state index in [2.05, 4.69) is 23.8 Å². The molecule has 1 aliphatic heterocycles. The van der Waals surface area contributed by atoms with Crippen LogP contribution in [-0.4, -0.2) is 60.5 Å². The van der Waals surface area contributed by atoms with Crippen LogP contribution in [0.3, 0.4) is 0 Å². The summed E-state index contributed by atoms with van der Waals surface area (Å²) in [5, 5.41) is 0. The molecule has 180 valence electrons. The van der Waals surface area contributed by atoms with Gasteiger partial charge in [0.25, 0.3) is 0 Å². The van der Waals surface area contributed by atoms with Crippen molar-refractivity contribution in [3.63, 3.8) is 0 Å². The summed E-state index contributed by atoms with van der Waals surface area (Å²) in [6, 6.07) is 0. The fraction of sp³-hybridized carbons (Fsp3) is 0.923. The predicted molar refractivity (Wildman–Crippen MR) is 125 cm³/mol. The normalized spacial score (nSPS) is 50.3. The molecule has 0 radical (unpaired) electrons. The van der Waals surface area contributed by atoms with Crippen molar-refractivity contribution in [1.82, 2.24) is 9.80 Å². The fourth-order valence-corrected chi connectivity index (χ4v) is 9.82. The van der Waals surface area contributed by atoms with Crippen LogP contribution in [0.5, 0.6) is 0 Å². The standard InChI is InChI=1S/C26H40N2O3.ClH/c1-18(29)31-26(28-14-12-27(3)13-15-28)11-10-25-16-24(25,17-26)9-6-19-20-4-5-22(30)23(20,2)8-7-21(19)25;/h19-21H,4-17H2,1-3H3;1H/t19-,20-,21-,23-,24-,25-,26-;/m0./s1. The lowest BCUT2D eigenvalue weighted by Crippen LogP contribution is -2.62. The van der Waals surface area contributed by atoms with Gasteiger partial charge in [-0.05, 0) is 80.6 Å². The zero-order chi connectivity index (χ0) is 21.6. The average molecular weight is 465 g/mol. The molecule has 5 nitrogen and oxygen atoms in total. The number of likely N-dealkylation sites (N-methyl/N-ethyl adjacent to an activating group) is 1. The molecule has 6 heteroatoms. The first-order chi connectivity index (χ1) is 14.7. The smallest absolute Gasteiger partial charge is 0.304 e. The maximum absolute atomic E-state index is 12.7. The van der Waals surface area contributed by atoms with Crippen molar-refractivity contribution in [2.24, 2.45) is 34.0 Å². The van der Waals surface area contributed by atoms with E-state index in [1.807, 2.05) is 0 Å². The quantitative estimate of drug-likeness (QED) is 0.571. The van der Waals surface area contributed by atoms with Gasteiger partial charge in [0.1, 0.15) is 5.78 Å². The number of halogens is 1. The molecular formula is C26H41ClN2O3. The van der Waals surface area contributed by atoms with E-state index >= 15 is 0 Å². The summed E-state index contributed by atoms with van der Waals surface area (Å²) in [5.41, 5.74) is 0.440. The van der Waals surface area contributed by atoms with Gasteiger partial charge in [-0.25, -0.2) is 0 Å². The van der Waals surface area contributed by atoms with Crippen molar-refractivity contribution < 1.29 is 14.3 Å². The van der Waals surface area contributed by atoms with Gasteiger partial charge < -0.3 is 9.64 Å². The first-order valence-electron chi connectivity index (χ1n) is 12.9. The van der Waals surface area contributed by atoms with Crippen molar-refractivity contribution in [3.8, 4) is 0 Å². The number of nitrogens with zero attached hydrogens (tertiary/aromatic N) is 2. The fourth-order valence-electron chi connectivity index (χ4n) is 9.82. The number of hydrogen-bond acceptors (Lipinski definition) is 5. The molecule has 0 aromatic rings. The van der Waals surface area contributed by atoms with Crippen LogP contribution in [0.2, 0.25) is 0 Å². The molecular weight excluding hydrogens is 424 g/mol. The summed E-state index contributed by atoms with van der Waals surface area (Å²) in [6.07, 6.45) is 11.5. The third-order valence-corrected chi connectivity index (χ3v) is 11.4. The minimum Gasteiger partial charge on any atom is -0.444 e. The lowest BCUT2D eigenvalue weighted by atomic mass is 9.50. The number of carbonyl (C=O) groups is 2. The Morgan fingerprint density at radius 2 is 1.72 bits per heavy atom. The van der Waals surface area contributed by atoms with Gasteiger partial charge in [0.05, 0.1) is 0 Å². The zero-order valence-corrected chi connectivity index (χ0v) is 21.0. The van der Waals surface area contributed by atoms with Crippen molar-refractivity contribution >= 4 is 24.2 Å². The Morgan fingerprint density at radius 1 is 0.969 bits per heavy atom. The van der Waals surface area contributed by atoms with Crippen LogP contribution in [0, 0.1) is 34.0 Å². The van der Waals surface area contributed by atoms with Gasteiger partial charge in [-0.2, -0.15) is 0 Å². The van der Waals surface area contributed by atoms with Gasteiger partial charge >= 0.3 is 5.97 Å². The molecule has 5 saturated carbocycles. The molecule has 5 aliphatic carbocycles. The van der Waals surface area contributed by atoms with Gasteiger partial charge in [-0.1, -0.05) is 6.92 Å². The third-order valence-electron chi connectivity index (χ3n) is 11.4. The molecule has 0 spiro atoms. The second-order valence-corrected chi connectivity index (χ2v) is 12.5. The number of Topliss-reactive ketones (excluding diaryl/α,β-unsaturated/α-hetero) is 1. The zero-order valence-electron chi connectivity index (χ0n) is 20.2. The number of carbonyl (C=O) groups excluding carboxylic acids is 2. The molecule has 0 amide bonds. The average Bonchev–Trinajstić information content (AvgIpc) is 3.32. The van der Waals surface area contributed by atoms with Crippen LogP contribution in [0.15, 0.2) is 0 Å². The molecule has 0 N–H and O–H groups in total. The summed E-state index contributed by atoms with van der Waals surface area (Å²) in [5.74, 6) is 2.62. The molecule has 6 rings (SSSR count). The number of ketones is 1. The van der Waals surface area contributed by atoms with Crippen LogP contribution in [0.4, 0.5) is 0 Å². The second kappa shape index (κ2) is 7.42. The van der Waals surface area contributed by atoms with E-state index in [4.69, 9.17) is 4.74 Å². The van der Waals surface area contributed by atoms with Crippen molar-refractivity contribution in [2.45, 2.75) is 83.8 Å².